The Balaban J connectivity index is 3.65. The number of carbonyl (C=O) groups is 3. The molecule has 1 atom stereocenters. The van der Waals surface area contributed by atoms with Crippen molar-refractivity contribution in [3.63, 3.8) is 0 Å². The van der Waals surface area contributed by atoms with Crippen LogP contribution in [0.1, 0.15) is 73.1 Å². The molecule has 0 aliphatic carbocycles. The predicted molar refractivity (Wildman–Crippen MR) is 97.3 cm³/mol. The normalized spacial score (nSPS) is 12.2. The summed E-state index contributed by atoms with van der Waals surface area (Å²) in [6.07, 6.45) is 3.96. The molecule has 2 amide bonds. The molecule has 0 aromatic rings. The summed E-state index contributed by atoms with van der Waals surface area (Å²) in [5.74, 6) is -0.478. The van der Waals surface area contributed by atoms with Crippen molar-refractivity contribution in [3.8, 4) is 0 Å². The van der Waals surface area contributed by atoms with E-state index in [1.165, 1.54) is 0 Å². The average Bonchev–Trinajstić information content (AvgIpc) is 2.54. The largest absolute Gasteiger partial charge is 0.462 e. The van der Waals surface area contributed by atoms with Crippen LogP contribution in [0.25, 0.3) is 0 Å². The summed E-state index contributed by atoms with van der Waals surface area (Å²) in [6, 6.07) is 0. The van der Waals surface area contributed by atoms with Crippen molar-refractivity contribution in [2.45, 2.75) is 84.8 Å². The lowest BCUT2D eigenvalue weighted by Gasteiger charge is -2.19. The smallest absolute Gasteiger partial charge is 0.431 e. The van der Waals surface area contributed by atoms with E-state index in [1.807, 2.05) is 6.92 Å². The highest BCUT2D eigenvalue weighted by atomic mass is 16.7. The van der Waals surface area contributed by atoms with Gasteiger partial charge in [-0.05, 0) is 46.5 Å². The van der Waals surface area contributed by atoms with Crippen molar-refractivity contribution in [1.29, 1.82) is 0 Å². The molecular formula is C18H34N2O6. The molecular weight excluding hydrogens is 340 g/mol. The van der Waals surface area contributed by atoms with E-state index in [9.17, 15) is 14.4 Å². The zero-order chi connectivity index (χ0) is 20.0. The van der Waals surface area contributed by atoms with Gasteiger partial charge in [0.25, 0.3) is 0 Å². The maximum absolute atomic E-state index is 11.6. The Morgan fingerprint density at radius 2 is 1.73 bits per heavy atom. The van der Waals surface area contributed by atoms with Crippen LogP contribution in [0, 0.1) is 0 Å². The molecule has 26 heavy (non-hydrogen) atoms. The number of rotatable bonds is 12. The average molecular weight is 374 g/mol. The predicted octanol–water partition coefficient (Wildman–Crippen LogP) is 2.85. The lowest BCUT2D eigenvalue weighted by Crippen LogP contribution is -2.36. The Morgan fingerprint density at radius 3 is 2.31 bits per heavy atom. The minimum Gasteiger partial charge on any atom is -0.462 e. The van der Waals surface area contributed by atoms with E-state index in [2.05, 4.69) is 10.8 Å². The molecule has 0 rings (SSSR count). The Kier molecular flexibility index (Phi) is 12.4. The molecule has 0 spiro atoms. The quantitative estimate of drug-likeness (QED) is 0.309. The Bertz CT molecular complexity index is 434. The van der Waals surface area contributed by atoms with Crippen molar-refractivity contribution < 1.29 is 28.7 Å². The molecule has 0 aromatic carbocycles. The van der Waals surface area contributed by atoms with Crippen molar-refractivity contribution in [3.05, 3.63) is 0 Å². The monoisotopic (exact) mass is 374 g/mol. The molecule has 1 unspecified atom stereocenters. The maximum atomic E-state index is 11.6. The minimum atomic E-state index is -0.737. The van der Waals surface area contributed by atoms with Crippen molar-refractivity contribution in [1.82, 2.24) is 10.8 Å². The van der Waals surface area contributed by atoms with Gasteiger partial charge in [-0.3, -0.25) is 14.4 Å². The van der Waals surface area contributed by atoms with Crippen LogP contribution in [0.5, 0.6) is 0 Å². The first-order valence-corrected chi connectivity index (χ1v) is 9.24. The molecule has 8 heteroatoms. The number of amides is 2. The number of nitrogens with one attached hydrogen (secondary N) is 2. The lowest BCUT2D eigenvalue weighted by molar-refractivity contribution is -0.149. The molecule has 0 radical (unpaired) electrons. The van der Waals surface area contributed by atoms with Gasteiger partial charge >= 0.3 is 12.1 Å². The first kappa shape index (κ1) is 24.2. The van der Waals surface area contributed by atoms with E-state index in [1.54, 1.807) is 27.7 Å². The molecule has 152 valence electrons. The molecule has 0 bridgehead atoms. The van der Waals surface area contributed by atoms with Crippen LogP contribution in [0.4, 0.5) is 4.79 Å². The van der Waals surface area contributed by atoms with E-state index in [4.69, 9.17) is 14.3 Å². The molecule has 0 heterocycles. The Hall–Kier alpha value is -1.83. The number of hydrogen-bond acceptors (Lipinski definition) is 6. The fraction of sp³-hybridized carbons (Fsp3) is 0.833. The maximum Gasteiger partial charge on any atom is 0.431 e. The van der Waals surface area contributed by atoms with Crippen LogP contribution >= 0.6 is 0 Å². The molecule has 0 fully saturated rings. The number of unbranched alkanes of at least 4 members (excludes halogenated alkanes) is 2. The highest BCUT2D eigenvalue weighted by Gasteiger charge is 2.16. The zero-order valence-electron chi connectivity index (χ0n) is 16.7. The Labute approximate surface area is 156 Å². The van der Waals surface area contributed by atoms with E-state index in [0.717, 1.165) is 32.1 Å². The lowest BCUT2D eigenvalue weighted by atomic mass is 10.1. The fourth-order valence-corrected chi connectivity index (χ4v) is 2.03. The third-order valence-electron chi connectivity index (χ3n) is 3.32. The second-order valence-corrected chi connectivity index (χ2v) is 6.97. The number of hydroxylamine groups is 1. The summed E-state index contributed by atoms with van der Waals surface area (Å²) in [4.78, 5) is 38.9. The third kappa shape index (κ3) is 14.5. The fourth-order valence-electron chi connectivity index (χ4n) is 2.03. The molecule has 2 N–H and O–H groups in total. The highest BCUT2D eigenvalue weighted by molar-refractivity contribution is 5.77. The van der Waals surface area contributed by atoms with E-state index >= 15 is 0 Å². The van der Waals surface area contributed by atoms with Crippen molar-refractivity contribution in [2.75, 3.05) is 13.2 Å². The minimum absolute atomic E-state index is 0.0237. The van der Waals surface area contributed by atoms with Crippen LogP contribution in [0.15, 0.2) is 0 Å². The second-order valence-electron chi connectivity index (χ2n) is 6.97. The summed E-state index contributed by atoms with van der Waals surface area (Å²) in [6.45, 7) is 9.23. The van der Waals surface area contributed by atoms with Crippen LogP contribution in [0.2, 0.25) is 0 Å². The summed E-state index contributed by atoms with van der Waals surface area (Å²) >= 11 is 0. The van der Waals surface area contributed by atoms with Crippen LogP contribution in [0.3, 0.4) is 0 Å². The Morgan fingerprint density at radius 1 is 1.04 bits per heavy atom. The van der Waals surface area contributed by atoms with Crippen molar-refractivity contribution >= 4 is 18.0 Å². The van der Waals surface area contributed by atoms with Gasteiger partial charge in [0.1, 0.15) is 11.7 Å². The standard InChI is InChI=1S/C18H34N2O6/c1-6-14(25-16(22)7-2)11-9-8-10-12-19-15(21)13-24-20-17(23)26-18(3,4)5/h14H,6-13H2,1-5H3,(H,19,21)(H,20,23). The van der Waals surface area contributed by atoms with E-state index in [0.29, 0.717) is 13.0 Å². The van der Waals surface area contributed by atoms with Gasteiger partial charge in [0.2, 0.25) is 5.91 Å². The zero-order valence-corrected chi connectivity index (χ0v) is 16.7. The first-order valence-electron chi connectivity index (χ1n) is 9.24. The van der Waals surface area contributed by atoms with Gasteiger partial charge in [-0.25, -0.2) is 4.79 Å². The summed E-state index contributed by atoms with van der Waals surface area (Å²) in [5.41, 5.74) is 1.43. The van der Waals surface area contributed by atoms with E-state index in [-0.39, 0.29) is 24.6 Å². The molecule has 0 saturated carbocycles. The van der Waals surface area contributed by atoms with Gasteiger partial charge in [-0.1, -0.05) is 20.3 Å². The topological polar surface area (TPSA) is 103 Å². The SMILES string of the molecule is CCC(=O)OC(CC)CCCCCNC(=O)CONC(=O)OC(C)(C)C. The summed E-state index contributed by atoms with van der Waals surface area (Å²) < 4.78 is 10.3. The van der Waals surface area contributed by atoms with Crippen molar-refractivity contribution in [2.24, 2.45) is 0 Å². The van der Waals surface area contributed by atoms with Crippen LogP contribution < -0.4 is 10.8 Å². The van der Waals surface area contributed by atoms with Gasteiger partial charge in [0.15, 0.2) is 6.61 Å². The number of carbonyl (C=O) groups excluding carboxylic acids is 3. The number of ether oxygens (including phenoxy) is 2. The highest BCUT2D eigenvalue weighted by Crippen LogP contribution is 2.11. The third-order valence-corrected chi connectivity index (χ3v) is 3.32. The summed E-state index contributed by atoms with van der Waals surface area (Å²) in [7, 11) is 0. The van der Waals surface area contributed by atoms with Crippen LogP contribution in [-0.4, -0.2) is 42.8 Å². The van der Waals surface area contributed by atoms with Gasteiger partial charge in [-0.15, -0.1) is 0 Å². The number of hydrogen-bond donors (Lipinski definition) is 2. The van der Waals surface area contributed by atoms with Gasteiger partial charge in [0, 0.05) is 13.0 Å². The van der Waals surface area contributed by atoms with E-state index < -0.39 is 11.7 Å². The number of esters is 1. The first-order chi connectivity index (χ1) is 12.2. The second kappa shape index (κ2) is 13.4. The molecule has 0 aromatic heterocycles. The van der Waals surface area contributed by atoms with Gasteiger partial charge in [0.05, 0.1) is 0 Å². The molecule has 0 saturated heterocycles. The molecule has 0 aliphatic heterocycles. The van der Waals surface area contributed by atoms with Crippen LogP contribution in [-0.2, 0) is 23.9 Å². The molecule has 8 nitrogen and oxygen atoms in total. The van der Waals surface area contributed by atoms with Gasteiger partial charge < -0.3 is 14.8 Å². The summed E-state index contributed by atoms with van der Waals surface area (Å²) in [5, 5.41) is 2.71. The molecule has 0 aliphatic rings. The van der Waals surface area contributed by atoms with Gasteiger partial charge in [-0.2, -0.15) is 5.48 Å².